The van der Waals surface area contributed by atoms with E-state index in [9.17, 15) is 14.4 Å². The fourth-order valence-corrected chi connectivity index (χ4v) is 1.44. The third kappa shape index (κ3) is 4.97. The van der Waals surface area contributed by atoms with Crippen LogP contribution in [0.25, 0.3) is 0 Å². The molecule has 0 unspecified atom stereocenters. The van der Waals surface area contributed by atoms with E-state index in [0.717, 1.165) is 0 Å². The van der Waals surface area contributed by atoms with Crippen LogP contribution in [-0.4, -0.2) is 35.5 Å². The Hall–Kier alpha value is -2.08. The summed E-state index contributed by atoms with van der Waals surface area (Å²) in [5, 5.41) is 13.6. The van der Waals surface area contributed by atoms with Gasteiger partial charge in [-0.05, 0) is 25.1 Å². The minimum atomic E-state index is -1.14. The first-order chi connectivity index (χ1) is 8.90. The highest BCUT2D eigenvalue weighted by molar-refractivity contribution is 6.30. The predicted octanol–water partition coefficient (Wildman–Crippen LogP) is 0.659. The first kappa shape index (κ1) is 15.0. The Kier molecular flexibility index (Phi) is 5.32. The predicted molar refractivity (Wildman–Crippen MR) is 69.0 cm³/mol. The highest BCUT2D eigenvalue weighted by Crippen LogP contribution is 2.10. The largest absolute Gasteiger partial charge is 0.480 e. The molecule has 1 atom stereocenters. The molecule has 0 spiro atoms. The molecule has 0 saturated carbocycles. The van der Waals surface area contributed by atoms with Gasteiger partial charge >= 0.3 is 5.97 Å². The lowest BCUT2D eigenvalue weighted by atomic mass is 10.2. The van der Waals surface area contributed by atoms with Crippen molar-refractivity contribution in [3.63, 3.8) is 0 Å². The molecule has 0 heterocycles. The van der Waals surface area contributed by atoms with Crippen molar-refractivity contribution in [2.24, 2.45) is 0 Å². The van der Waals surface area contributed by atoms with Gasteiger partial charge in [0.2, 0.25) is 5.91 Å². The highest BCUT2D eigenvalue weighted by atomic mass is 35.5. The molecule has 0 fully saturated rings. The van der Waals surface area contributed by atoms with Crippen molar-refractivity contribution in [1.29, 1.82) is 0 Å². The second kappa shape index (κ2) is 6.75. The van der Waals surface area contributed by atoms with E-state index in [1.165, 1.54) is 13.0 Å². The zero-order chi connectivity index (χ0) is 14.4. The quantitative estimate of drug-likeness (QED) is 0.740. The number of carboxylic acid groups (broad SMARTS) is 1. The lowest BCUT2D eigenvalue weighted by Gasteiger charge is -2.10. The first-order valence-electron chi connectivity index (χ1n) is 5.46. The summed E-state index contributed by atoms with van der Waals surface area (Å²) in [7, 11) is 0. The Morgan fingerprint density at radius 1 is 1.37 bits per heavy atom. The van der Waals surface area contributed by atoms with Gasteiger partial charge in [-0.3, -0.25) is 14.4 Å². The van der Waals surface area contributed by atoms with Gasteiger partial charge < -0.3 is 15.7 Å². The Balaban J connectivity index is 2.46. The molecule has 0 aliphatic carbocycles. The maximum absolute atomic E-state index is 11.7. The summed E-state index contributed by atoms with van der Waals surface area (Å²) in [6.07, 6.45) is 0. The molecule has 1 rings (SSSR count). The second-order valence-electron chi connectivity index (χ2n) is 3.82. The van der Waals surface area contributed by atoms with E-state index in [2.05, 4.69) is 10.6 Å². The number of nitrogens with one attached hydrogen (secondary N) is 2. The molecule has 0 saturated heterocycles. The van der Waals surface area contributed by atoms with Crippen LogP contribution in [-0.2, 0) is 9.59 Å². The molecule has 3 N–H and O–H groups in total. The minimum Gasteiger partial charge on any atom is -0.480 e. The third-order valence-electron chi connectivity index (χ3n) is 2.24. The minimum absolute atomic E-state index is 0.303. The van der Waals surface area contributed by atoms with Crippen molar-refractivity contribution >= 4 is 29.4 Å². The normalized spacial score (nSPS) is 11.5. The van der Waals surface area contributed by atoms with Gasteiger partial charge in [0, 0.05) is 10.6 Å². The Bertz CT molecular complexity index is 504. The van der Waals surface area contributed by atoms with Crippen LogP contribution in [0.1, 0.15) is 17.3 Å². The van der Waals surface area contributed by atoms with Crippen molar-refractivity contribution in [2.75, 3.05) is 6.54 Å². The maximum Gasteiger partial charge on any atom is 0.325 e. The average molecular weight is 285 g/mol. The van der Waals surface area contributed by atoms with Crippen LogP contribution in [0.2, 0.25) is 5.02 Å². The van der Waals surface area contributed by atoms with E-state index in [1.807, 2.05) is 0 Å². The molecule has 102 valence electrons. The van der Waals surface area contributed by atoms with Gasteiger partial charge in [0.1, 0.15) is 6.04 Å². The fraction of sp³-hybridized carbons (Fsp3) is 0.250. The van der Waals surface area contributed by atoms with Crippen LogP contribution in [0.5, 0.6) is 0 Å². The molecule has 1 aromatic carbocycles. The van der Waals surface area contributed by atoms with E-state index >= 15 is 0 Å². The van der Waals surface area contributed by atoms with E-state index in [1.54, 1.807) is 18.2 Å². The summed E-state index contributed by atoms with van der Waals surface area (Å²) in [6, 6.07) is 5.26. The standard InChI is InChI=1S/C12H13ClN2O4/c1-7(12(18)19)15-10(16)6-14-11(17)8-3-2-4-9(13)5-8/h2-5,7H,6H2,1H3,(H,14,17)(H,15,16)(H,18,19)/t7-/m1/s1. The van der Waals surface area contributed by atoms with Crippen LogP contribution in [0.15, 0.2) is 24.3 Å². The number of hydrogen-bond acceptors (Lipinski definition) is 3. The topological polar surface area (TPSA) is 95.5 Å². The lowest BCUT2D eigenvalue weighted by Crippen LogP contribution is -2.44. The monoisotopic (exact) mass is 284 g/mol. The molecule has 0 radical (unpaired) electrons. The molecule has 6 nitrogen and oxygen atoms in total. The number of rotatable bonds is 5. The SMILES string of the molecule is C[C@@H](NC(=O)CNC(=O)c1cccc(Cl)c1)C(=O)O. The van der Waals surface area contributed by atoms with Crippen LogP contribution in [0, 0.1) is 0 Å². The lowest BCUT2D eigenvalue weighted by molar-refractivity contribution is -0.141. The van der Waals surface area contributed by atoms with E-state index in [0.29, 0.717) is 10.6 Å². The summed E-state index contributed by atoms with van der Waals surface area (Å²) < 4.78 is 0. The summed E-state index contributed by atoms with van der Waals surface area (Å²) >= 11 is 5.73. The number of hydrogen-bond donors (Lipinski definition) is 3. The van der Waals surface area contributed by atoms with Crippen molar-refractivity contribution in [3.05, 3.63) is 34.9 Å². The van der Waals surface area contributed by atoms with Gasteiger partial charge in [0.25, 0.3) is 5.91 Å². The van der Waals surface area contributed by atoms with Crippen molar-refractivity contribution < 1.29 is 19.5 Å². The van der Waals surface area contributed by atoms with Gasteiger partial charge in [0.15, 0.2) is 0 Å². The van der Waals surface area contributed by atoms with Crippen LogP contribution in [0.3, 0.4) is 0 Å². The van der Waals surface area contributed by atoms with E-state index < -0.39 is 23.8 Å². The zero-order valence-electron chi connectivity index (χ0n) is 10.1. The van der Waals surface area contributed by atoms with Crippen LogP contribution >= 0.6 is 11.6 Å². The number of carbonyl (C=O) groups excluding carboxylic acids is 2. The number of amides is 2. The van der Waals surface area contributed by atoms with Gasteiger partial charge in [-0.15, -0.1) is 0 Å². The molecule has 2 amide bonds. The Labute approximate surface area is 114 Å². The summed E-state index contributed by atoms with van der Waals surface area (Å²) in [5.41, 5.74) is 0.326. The molecule has 7 heteroatoms. The maximum atomic E-state index is 11.7. The van der Waals surface area contributed by atoms with Gasteiger partial charge in [-0.1, -0.05) is 17.7 Å². The summed E-state index contributed by atoms with van der Waals surface area (Å²) in [6.45, 7) is 1.03. The average Bonchev–Trinajstić information content (AvgIpc) is 2.35. The molecule has 19 heavy (non-hydrogen) atoms. The van der Waals surface area contributed by atoms with Crippen molar-refractivity contribution in [3.8, 4) is 0 Å². The van der Waals surface area contributed by atoms with Crippen LogP contribution < -0.4 is 10.6 Å². The smallest absolute Gasteiger partial charge is 0.325 e. The van der Waals surface area contributed by atoms with Crippen LogP contribution in [0.4, 0.5) is 0 Å². The van der Waals surface area contributed by atoms with Gasteiger partial charge in [-0.25, -0.2) is 0 Å². The Morgan fingerprint density at radius 3 is 2.63 bits per heavy atom. The van der Waals surface area contributed by atoms with E-state index in [-0.39, 0.29) is 6.54 Å². The summed E-state index contributed by atoms with van der Waals surface area (Å²) in [4.78, 5) is 33.5. The fourth-order valence-electron chi connectivity index (χ4n) is 1.25. The number of halogens is 1. The first-order valence-corrected chi connectivity index (χ1v) is 5.84. The second-order valence-corrected chi connectivity index (χ2v) is 4.26. The van der Waals surface area contributed by atoms with Gasteiger partial charge in [0.05, 0.1) is 6.54 Å². The number of benzene rings is 1. The van der Waals surface area contributed by atoms with Gasteiger partial charge in [-0.2, -0.15) is 0 Å². The molecular formula is C12H13ClN2O4. The molecule has 0 aliphatic rings. The number of aliphatic carboxylic acids is 1. The molecule has 0 aliphatic heterocycles. The van der Waals surface area contributed by atoms with Crippen molar-refractivity contribution in [1.82, 2.24) is 10.6 Å². The molecule has 0 aromatic heterocycles. The molecular weight excluding hydrogens is 272 g/mol. The molecule has 1 aromatic rings. The third-order valence-corrected chi connectivity index (χ3v) is 2.48. The van der Waals surface area contributed by atoms with E-state index in [4.69, 9.17) is 16.7 Å². The Morgan fingerprint density at radius 2 is 2.05 bits per heavy atom. The highest BCUT2D eigenvalue weighted by Gasteiger charge is 2.14. The zero-order valence-corrected chi connectivity index (χ0v) is 10.9. The number of carboxylic acids is 1. The summed E-state index contributed by atoms with van der Waals surface area (Å²) in [5.74, 6) is -2.18. The number of carbonyl (C=O) groups is 3. The molecule has 0 bridgehead atoms. The van der Waals surface area contributed by atoms with Crippen molar-refractivity contribution in [2.45, 2.75) is 13.0 Å².